The zero-order valence-electron chi connectivity index (χ0n) is 18.3. The van der Waals surface area contributed by atoms with E-state index >= 15 is 0 Å². The summed E-state index contributed by atoms with van der Waals surface area (Å²) in [5.74, 6) is 0.880. The number of fused-ring (bicyclic) bond motifs is 1. The molecule has 3 heteroatoms. The lowest BCUT2D eigenvalue weighted by molar-refractivity contribution is -0.920. The minimum atomic E-state index is -0.696. The van der Waals surface area contributed by atoms with Crippen molar-refractivity contribution in [2.75, 3.05) is 13.1 Å². The van der Waals surface area contributed by atoms with Crippen LogP contribution >= 0.6 is 0 Å². The predicted molar refractivity (Wildman–Crippen MR) is 126 cm³/mol. The molecule has 2 heterocycles. The molecule has 0 bridgehead atoms. The first-order valence-corrected chi connectivity index (χ1v) is 11.7. The van der Waals surface area contributed by atoms with Gasteiger partial charge in [0.2, 0.25) is 0 Å². The van der Waals surface area contributed by atoms with Crippen LogP contribution in [0, 0.1) is 0 Å². The van der Waals surface area contributed by atoms with E-state index in [1.54, 1.807) is 4.90 Å². The summed E-state index contributed by atoms with van der Waals surface area (Å²) >= 11 is 0. The Morgan fingerprint density at radius 3 is 2.00 bits per heavy atom. The van der Waals surface area contributed by atoms with E-state index in [1.807, 2.05) is 0 Å². The van der Waals surface area contributed by atoms with Gasteiger partial charge in [0.05, 0.1) is 18.8 Å². The van der Waals surface area contributed by atoms with E-state index in [0.717, 1.165) is 34.7 Å². The normalized spacial score (nSPS) is 19.1. The second kappa shape index (κ2) is 8.68. The number of benzene rings is 3. The molecule has 1 saturated heterocycles. The van der Waals surface area contributed by atoms with Gasteiger partial charge in [-0.05, 0) is 25.3 Å². The van der Waals surface area contributed by atoms with Crippen LogP contribution in [0.25, 0.3) is 0 Å². The summed E-state index contributed by atoms with van der Waals surface area (Å²) in [5.41, 5.74) is 3.72. The summed E-state index contributed by atoms with van der Waals surface area (Å²) in [5, 5.41) is 0. The standard InChI is InChI=1S/C28H30N2O/c1-2-26(30-20-12-5-13-21-30)27-29-25-19-11-10-18-24(25)28(31-27,22-14-6-3-7-15-22)23-16-8-4-9-17-23/h3-4,6-11,14-19,26H,2,5,12-13,20-21H2,1H3/p+1/t26-/m0/s1. The largest absolute Gasteiger partial charge is 0.455 e. The number of nitrogens with one attached hydrogen (secondary N) is 1. The molecule has 1 N–H and O–H groups in total. The highest BCUT2D eigenvalue weighted by Crippen LogP contribution is 2.47. The van der Waals surface area contributed by atoms with Crippen LogP contribution in [0.2, 0.25) is 0 Å². The fourth-order valence-corrected chi connectivity index (χ4v) is 5.30. The molecule has 3 aromatic carbocycles. The van der Waals surface area contributed by atoms with Crippen molar-refractivity contribution in [1.29, 1.82) is 0 Å². The third-order valence-electron chi connectivity index (χ3n) is 6.83. The molecule has 0 aromatic heterocycles. The van der Waals surface area contributed by atoms with Gasteiger partial charge in [0.1, 0.15) is 0 Å². The summed E-state index contributed by atoms with van der Waals surface area (Å²) in [6.07, 6.45) is 4.94. The predicted octanol–water partition coefficient (Wildman–Crippen LogP) is 4.89. The Morgan fingerprint density at radius 2 is 1.39 bits per heavy atom. The van der Waals surface area contributed by atoms with Gasteiger partial charge < -0.3 is 9.64 Å². The summed E-state index contributed by atoms with van der Waals surface area (Å²) < 4.78 is 7.11. The van der Waals surface area contributed by atoms with Crippen LogP contribution in [0.4, 0.5) is 5.69 Å². The monoisotopic (exact) mass is 411 g/mol. The Kier molecular flexibility index (Phi) is 5.61. The van der Waals surface area contributed by atoms with Gasteiger partial charge in [-0.25, -0.2) is 4.99 Å². The van der Waals surface area contributed by atoms with Crippen LogP contribution in [0.5, 0.6) is 0 Å². The minimum Gasteiger partial charge on any atom is -0.455 e. The average molecular weight is 412 g/mol. The highest BCUT2D eigenvalue weighted by Gasteiger charge is 2.46. The number of rotatable bonds is 5. The molecule has 158 valence electrons. The van der Waals surface area contributed by atoms with Crippen molar-refractivity contribution in [2.24, 2.45) is 4.99 Å². The number of piperidine rings is 1. The third-order valence-corrected chi connectivity index (χ3v) is 6.83. The van der Waals surface area contributed by atoms with Crippen LogP contribution in [-0.4, -0.2) is 25.0 Å². The lowest BCUT2D eigenvalue weighted by atomic mass is 9.78. The first-order chi connectivity index (χ1) is 15.3. The molecule has 31 heavy (non-hydrogen) atoms. The Hall–Kier alpha value is -2.91. The maximum Gasteiger partial charge on any atom is 0.250 e. The van der Waals surface area contributed by atoms with Gasteiger partial charge in [-0.15, -0.1) is 0 Å². The van der Waals surface area contributed by atoms with Gasteiger partial charge in [0.15, 0.2) is 11.6 Å². The summed E-state index contributed by atoms with van der Waals surface area (Å²) in [7, 11) is 0. The van der Waals surface area contributed by atoms with Gasteiger partial charge in [-0.3, -0.25) is 0 Å². The Bertz CT molecular complexity index is 999. The fraction of sp³-hybridized carbons (Fsp3) is 0.321. The van der Waals surface area contributed by atoms with E-state index in [4.69, 9.17) is 9.73 Å². The highest BCUT2D eigenvalue weighted by molar-refractivity contribution is 5.87. The average Bonchev–Trinajstić information content (AvgIpc) is 2.86. The van der Waals surface area contributed by atoms with Gasteiger partial charge >= 0.3 is 0 Å². The summed E-state index contributed by atoms with van der Waals surface area (Å²) in [6.45, 7) is 4.67. The molecule has 0 saturated carbocycles. The third kappa shape index (κ3) is 3.57. The number of aliphatic imine (C=N–C) groups is 1. The molecule has 0 unspecified atom stereocenters. The SMILES string of the molecule is CC[C@@H](C1=Nc2ccccc2C(c2ccccc2)(c2ccccc2)O1)[NH+]1CCCCC1. The van der Waals surface area contributed by atoms with Gasteiger partial charge in [0, 0.05) is 23.1 Å². The van der Waals surface area contributed by atoms with E-state index in [9.17, 15) is 0 Å². The summed E-state index contributed by atoms with van der Waals surface area (Å²) in [6, 6.07) is 30.0. The van der Waals surface area contributed by atoms with Gasteiger partial charge in [0.25, 0.3) is 5.90 Å². The molecule has 5 rings (SSSR count). The highest BCUT2D eigenvalue weighted by atomic mass is 16.5. The molecular formula is C28H31N2O+. The second-order valence-corrected chi connectivity index (χ2v) is 8.66. The number of hydrogen-bond acceptors (Lipinski definition) is 2. The van der Waals surface area contributed by atoms with Crippen molar-refractivity contribution in [3.05, 3.63) is 102 Å². The smallest absolute Gasteiger partial charge is 0.250 e. The zero-order valence-corrected chi connectivity index (χ0v) is 18.3. The van der Waals surface area contributed by atoms with Crippen LogP contribution in [0.15, 0.2) is 89.9 Å². The second-order valence-electron chi connectivity index (χ2n) is 8.66. The Morgan fingerprint density at radius 1 is 0.806 bits per heavy atom. The van der Waals surface area contributed by atoms with Crippen molar-refractivity contribution in [3.63, 3.8) is 0 Å². The van der Waals surface area contributed by atoms with Gasteiger partial charge in [-0.2, -0.15) is 0 Å². The molecule has 0 radical (unpaired) electrons. The van der Waals surface area contributed by atoms with Crippen LogP contribution in [0.3, 0.4) is 0 Å². The number of quaternary nitrogens is 1. The number of para-hydroxylation sites is 1. The maximum atomic E-state index is 7.11. The first-order valence-electron chi connectivity index (χ1n) is 11.7. The van der Waals surface area contributed by atoms with Crippen molar-refractivity contribution in [2.45, 2.75) is 44.2 Å². The molecule has 0 spiro atoms. The van der Waals surface area contributed by atoms with E-state index in [0.29, 0.717) is 0 Å². The maximum absolute atomic E-state index is 7.11. The number of hydrogen-bond donors (Lipinski definition) is 1. The summed E-state index contributed by atoms with van der Waals surface area (Å²) in [4.78, 5) is 6.72. The topological polar surface area (TPSA) is 26.0 Å². The molecule has 1 fully saturated rings. The number of nitrogens with zero attached hydrogens (tertiary/aromatic N) is 1. The van der Waals surface area contributed by atoms with E-state index < -0.39 is 5.60 Å². The Labute approximate surface area is 185 Å². The lowest BCUT2D eigenvalue weighted by Crippen LogP contribution is -3.17. The molecule has 0 aliphatic carbocycles. The number of ether oxygens (including phenoxy) is 1. The van der Waals surface area contributed by atoms with Crippen LogP contribution in [-0.2, 0) is 10.3 Å². The molecule has 2 aliphatic heterocycles. The van der Waals surface area contributed by atoms with E-state index in [2.05, 4.69) is 91.9 Å². The number of likely N-dealkylation sites (tertiary alicyclic amines) is 1. The molecule has 1 atom stereocenters. The zero-order chi connectivity index (χ0) is 21.1. The van der Waals surface area contributed by atoms with Crippen LogP contribution in [0.1, 0.15) is 49.3 Å². The minimum absolute atomic E-state index is 0.278. The van der Waals surface area contributed by atoms with Crippen LogP contribution < -0.4 is 4.90 Å². The lowest BCUT2D eigenvalue weighted by Gasteiger charge is -2.42. The van der Waals surface area contributed by atoms with Crippen molar-refractivity contribution < 1.29 is 9.64 Å². The quantitative estimate of drug-likeness (QED) is 0.636. The van der Waals surface area contributed by atoms with Gasteiger partial charge in [-0.1, -0.05) is 85.8 Å². The van der Waals surface area contributed by atoms with Crippen molar-refractivity contribution in [1.82, 2.24) is 0 Å². The molecule has 0 amide bonds. The Balaban J connectivity index is 1.71. The first kappa shape index (κ1) is 20.0. The molecular weight excluding hydrogens is 380 g/mol. The van der Waals surface area contributed by atoms with E-state index in [1.165, 1.54) is 32.4 Å². The van der Waals surface area contributed by atoms with Crippen molar-refractivity contribution >= 4 is 11.6 Å². The van der Waals surface area contributed by atoms with E-state index in [-0.39, 0.29) is 6.04 Å². The molecule has 2 aliphatic rings. The molecule has 3 nitrogen and oxygen atoms in total. The molecule has 3 aromatic rings. The van der Waals surface area contributed by atoms with Crippen molar-refractivity contribution in [3.8, 4) is 0 Å². The fourth-order valence-electron chi connectivity index (χ4n) is 5.30.